The lowest BCUT2D eigenvalue weighted by atomic mass is 9.96. The average Bonchev–Trinajstić information content (AvgIpc) is 2.23. The van der Waals surface area contributed by atoms with E-state index in [4.69, 9.17) is 4.74 Å². The van der Waals surface area contributed by atoms with Crippen molar-refractivity contribution in [2.45, 2.75) is 31.9 Å². The minimum absolute atomic E-state index is 0.145. The minimum atomic E-state index is -0.145. The molecule has 1 fully saturated rings. The molecule has 1 aliphatic carbocycles. The van der Waals surface area contributed by atoms with Crippen molar-refractivity contribution in [3.05, 3.63) is 23.8 Å². The predicted molar refractivity (Wildman–Crippen MR) is 60.6 cm³/mol. The maximum absolute atomic E-state index is 11.2. The zero-order chi connectivity index (χ0) is 11.0. The van der Waals surface area contributed by atoms with E-state index in [9.17, 15) is 4.79 Å². The summed E-state index contributed by atoms with van der Waals surface area (Å²) in [4.78, 5) is 11.2. The van der Waals surface area contributed by atoms with Crippen LogP contribution in [0.2, 0.25) is 0 Å². The molecule has 16 heavy (non-hydrogen) atoms. The monoisotopic (exact) mass is 218 g/mol. The number of anilines is 1. The van der Waals surface area contributed by atoms with Crippen LogP contribution < -0.4 is 15.4 Å². The maximum Gasteiger partial charge on any atom is 0.319 e. The molecule has 0 atom stereocenters. The zero-order valence-electron chi connectivity index (χ0n) is 8.95. The number of benzene rings is 1. The number of hydrogen-bond donors (Lipinski definition) is 2. The second kappa shape index (κ2) is 3.70. The van der Waals surface area contributed by atoms with Gasteiger partial charge < -0.3 is 15.4 Å². The molecule has 0 saturated heterocycles. The molecule has 1 aliphatic heterocycles. The summed E-state index contributed by atoms with van der Waals surface area (Å²) in [6, 6.07) is 5.73. The molecule has 4 nitrogen and oxygen atoms in total. The molecule has 2 aliphatic rings. The fourth-order valence-electron chi connectivity index (χ4n) is 1.92. The van der Waals surface area contributed by atoms with Crippen LogP contribution in [0.1, 0.15) is 24.8 Å². The highest BCUT2D eigenvalue weighted by Gasteiger charge is 2.20. The molecule has 1 heterocycles. The Balaban J connectivity index is 1.80. The van der Waals surface area contributed by atoms with Gasteiger partial charge in [-0.15, -0.1) is 0 Å². The van der Waals surface area contributed by atoms with E-state index in [1.165, 1.54) is 6.42 Å². The van der Waals surface area contributed by atoms with Crippen LogP contribution in [-0.2, 0) is 6.54 Å². The third-order valence-corrected chi connectivity index (χ3v) is 3.12. The Morgan fingerprint density at radius 1 is 1.31 bits per heavy atom. The minimum Gasteiger partial charge on any atom is -0.490 e. The Morgan fingerprint density at radius 2 is 2.19 bits per heavy atom. The topological polar surface area (TPSA) is 50.4 Å². The molecule has 4 heteroatoms. The van der Waals surface area contributed by atoms with E-state index in [0.29, 0.717) is 12.6 Å². The van der Waals surface area contributed by atoms with E-state index >= 15 is 0 Å². The number of carbonyl (C=O) groups is 1. The summed E-state index contributed by atoms with van der Waals surface area (Å²) < 4.78 is 5.78. The summed E-state index contributed by atoms with van der Waals surface area (Å²) in [7, 11) is 0. The summed E-state index contributed by atoms with van der Waals surface area (Å²) in [5, 5.41) is 5.51. The Labute approximate surface area is 94.0 Å². The van der Waals surface area contributed by atoms with Crippen molar-refractivity contribution >= 4 is 11.7 Å². The average molecular weight is 218 g/mol. The number of carbonyl (C=O) groups excluding carboxylic acids is 1. The number of amides is 2. The Hall–Kier alpha value is -1.71. The third kappa shape index (κ3) is 1.71. The largest absolute Gasteiger partial charge is 0.490 e. The molecule has 0 bridgehead atoms. The van der Waals surface area contributed by atoms with Crippen LogP contribution in [0.5, 0.6) is 5.75 Å². The lowest BCUT2D eigenvalue weighted by Gasteiger charge is -2.27. The molecule has 0 aromatic heterocycles. The van der Waals surface area contributed by atoms with Gasteiger partial charge in [-0.3, -0.25) is 0 Å². The molecular formula is C12H14N2O2. The highest BCUT2D eigenvalue weighted by molar-refractivity contribution is 5.92. The standard InChI is InChI=1S/C12H14N2O2/c15-12-13-7-8-4-5-10(6-11(8)14-12)16-9-2-1-3-9/h4-6,9H,1-3,7H2,(H2,13,14,15). The molecular weight excluding hydrogens is 204 g/mol. The summed E-state index contributed by atoms with van der Waals surface area (Å²) in [6.07, 6.45) is 3.92. The fraction of sp³-hybridized carbons (Fsp3) is 0.417. The van der Waals surface area contributed by atoms with E-state index in [1.807, 2.05) is 18.2 Å². The van der Waals surface area contributed by atoms with Gasteiger partial charge in [0.2, 0.25) is 0 Å². The lowest BCUT2D eigenvalue weighted by Crippen LogP contribution is -2.33. The van der Waals surface area contributed by atoms with Gasteiger partial charge in [-0.25, -0.2) is 4.79 Å². The number of hydrogen-bond acceptors (Lipinski definition) is 2. The van der Waals surface area contributed by atoms with Gasteiger partial charge in [0, 0.05) is 12.6 Å². The smallest absolute Gasteiger partial charge is 0.319 e. The van der Waals surface area contributed by atoms with Crippen molar-refractivity contribution in [2.24, 2.45) is 0 Å². The molecule has 3 rings (SSSR count). The van der Waals surface area contributed by atoms with Gasteiger partial charge in [-0.1, -0.05) is 6.07 Å². The summed E-state index contributed by atoms with van der Waals surface area (Å²) in [5.41, 5.74) is 1.96. The second-order valence-corrected chi connectivity index (χ2v) is 4.30. The van der Waals surface area contributed by atoms with Crippen molar-refractivity contribution in [1.82, 2.24) is 5.32 Å². The fourth-order valence-corrected chi connectivity index (χ4v) is 1.92. The van der Waals surface area contributed by atoms with Gasteiger partial charge in [-0.05, 0) is 30.9 Å². The van der Waals surface area contributed by atoms with E-state index in [1.54, 1.807) is 0 Å². The first-order valence-corrected chi connectivity index (χ1v) is 5.66. The number of ether oxygens (including phenoxy) is 1. The Bertz CT molecular complexity index is 427. The summed E-state index contributed by atoms with van der Waals surface area (Å²) in [6.45, 7) is 0.588. The van der Waals surface area contributed by atoms with E-state index in [-0.39, 0.29) is 6.03 Å². The molecule has 0 radical (unpaired) electrons. The number of urea groups is 1. The Kier molecular flexibility index (Phi) is 2.20. The highest BCUT2D eigenvalue weighted by atomic mass is 16.5. The molecule has 0 spiro atoms. The quantitative estimate of drug-likeness (QED) is 0.799. The van der Waals surface area contributed by atoms with Crippen molar-refractivity contribution in [1.29, 1.82) is 0 Å². The molecule has 2 N–H and O–H groups in total. The van der Waals surface area contributed by atoms with Gasteiger partial charge in [-0.2, -0.15) is 0 Å². The second-order valence-electron chi connectivity index (χ2n) is 4.30. The first-order chi connectivity index (χ1) is 7.81. The van der Waals surface area contributed by atoms with E-state index in [2.05, 4.69) is 10.6 Å². The van der Waals surface area contributed by atoms with Crippen LogP contribution in [0.3, 0.4) is 0 Å². The SMILES string of the molecule is O=C1NCc2ccc(OC3CCC3)cc2N1. The van der Waals surface area contributed by atoms with Gasteiger partial charge in [0.15, 0.2) is 0 Å². The molecule has 2 amide bonds. The van der Waals surface area contributed by atoms with Gasteiger partial charge in [0.25, 0.3) is 0 Å². The van der Waals surface area contributed by atoms with Crippen molar-refractivity contribution < 1.29 is 9.53 Å². The molecule has 0 unspecified atom stereocenters. The van der Waals surface area contributed by atoms with Gasteiger partial charge in [0.05, 0.1) is 11.8 Å². The van der Waals surface area contributed by atoms with Crippen molar-refractivity contribution in [3.8, 4) is 5.75 Å². The summed E-state index contributed by atoms with van der Waals surface area (Å²) >= 11 is 0. The number of nitrogens with one attached hydrogen (secondary N) is 2. The van der Waals surface area contributed by atoms with Crippen LogP contribution in [0, 0.1) is 0 Å². The predicted octanol–water partition coefficient (Wildman–Crippen LogP) is 2.25. The van der Waals surface area contributed by atoms with Gasteiger partial charge >= 0.3 is 6.03 Å². The van der Waals surface area contributed by atoms with Crippen LogP contribution in [0.25, 0.3) is 0 Å². The number of rotatable bonds is 2. The van der Waals surface area contributed by atoms with E-state index in [0.717, 1.165) is 29.8 Å². The third-order valence-electron chi connectivity index (χ3n) is 3.12. The molecule has 1 aromatic rings. The van der Waals surface area contributed by atoms with E-state index < -0.39 is 0 Å². The van der Waals surface area contributed by atoms with Crippen LogP contribution in [0.4, 0.5) is 10.5 Å². The number of fused-ring (bicyclic) bond motifs is 1. The van der Waals surface area contributed by atoms with Gasteiger partial charge in [0.1, 0.15) is 5.75 Å². The Morgan fingerprint density at radius 3 is 2.94 bits per heavy atom. The van der Waals surface area contributed by atoms with Crippen LogP contribution in [-0.4, -0.2) is 12.1 Å². The molecule has 84 valence electrons. The normalized spacial score (nSPS) is 19.1. The first-order valence-electron chi connectivity index (χ1n) is 5.66. The summed E-state index contributed by atoms with van der Waals surface area (Å²) in [5.74, 6) is 0.852. The highest BCUT2D eigenvalue weighted by Crippen LogP contribution is 2.29. The first kappa shape index (κ1) is 9.51. The van der Waals surface area contributed by atoms with Crippen LogP contribution in [0.15, 0.2) is 18.2 Å². The lowest BCUT2D eigenvalue weighted by molar-refractivity contribution is 0.120. The maximum atomic E-state index is 11.2. The molecule has 1 aromatic carbocycles. The van der Waals surface area contributed by atoms with Crippen LogP contribution >= 0.6 is 0 Å². The van der Waals surface area contributed by atoms with Crippen molar-refractivity contribution in [3.63, 3.8) is 0 Å². The zero-order valence-corrected chi connectivity index (χ0v) is 8.95. The molecule has 1 saturated carbocycles. The van der Waals surface area contributed by atoms with Crippen molar-refractivity contribution in [2.75, 3.05) is 5.32 Å².